The van der Waals surface area contributed by atoms with Crippen LogP contribution in [0, 0.1) is 6.92 Å². The molecule has 3 aromatic rings. The van der Waals surface area contributed by atoms with E-state index in [0.29, 0.717) is 31.3 Å². The second kappa shape index (κ2) is 7.95. The van der Waals surface area contributed by atoms with Gasteiger partial charge in [0.1, 0.15) is 11.5 Å². The van der Waals surface area contributed by atoms with Crippen LogP contribution in [0.5, 0.6) is 11.5 Å². The zero-order chi connectivity index (χ0) is 20.4. The van der Waals surface area contributed by atoms with Gasteiger partial charge in [-0.15, -0.1) is 0 Å². The van der Waals surface area contributed by atoms with Gasteiger partial charge in [-0.2, -0.15) is 4.98 Å². The molecule has 1 aliphatic heterocycles. The number of amides is 1. The maximum atomic E-state index is 12.7. The molecule has 1 fully saturated rings. The van der Waals surface area contributed by atoms with Crippen LogP contribution in [0.4, 0.5) is 5.69 Å². The molecule has 0 saturated carbocycles. The van der Waals surface area contributed by atoms with Gasteiger partial charge in [-0.3, -0.25) is 4.79 Å². The van der Waals surface area contributed by atoms with Crippen molar-refractivity contribution in [3.8, 4) is 22.9 Å². The van der Waals surface area contributed by atoms with Crippen molar-refractivity contribution in [2.75, 3.05) is 25.2 Å². The van der Waals surface area contributed by atoms with Gasteiger partial charge in [0, 0.05) is 24.6 Å². The molecule has 7 heteroatoms. The molecule has 29 heavy (non-hydrogen) atoms. The molecule has 1 aromatic heterocycles. The van der Waals surface area contributed by atoms with E-state index in [9.17, 15) is 4.79 Å². The SMILES string of the molecule is CCOc1cccc(-c2noc(C3CC(=O)N(c4cc(OC)ccc4C)C3)n2)c1. The molecule has 0 bridgehead atoms. The molecule has 1 amide bonds. The minimum atomic E-state index is -0.149. The predicted molar refractivity (Wildman–Crippen MR) is 108 cm³/mol. The average molecular weight is 393 g/mol. The average Bonchev–Trinajstić information content (AvgIpc) is 3.36. The third kappa shape index (κ3) is 3.81. The Kier molecular flexibility index (Phi) is 5.20. The Morgan fingerprint density at radius 3 is 2.86 bits per heavy atom. The van der Waals surface area contributed by atoms with Gasteiger partial charge in [0.2, 0.25) is 17.6 Å². The normalized spacial score (nSPS) is 16.3. The van der Waals surface area contributed by atoms with Crippen molar-refractivity contribution < 1.29 is 18.8 Å². The lowest BCUT2D eigenvalue weighted by Crippen LogP contribution is -2.25. The van der Waals surface area contributed by atoms with Gasteiger partial charge in [-0.05, 0) is 37.6 Å². The van der Waals surface area contributed by atoms with E-state index in [4.69, 9.17) is 14.0 Å². The Balaban J connectivity index is 1.55. The van der Waals surface area contributed by atoms with E-state index in [1.165, 1.54) is 0 Å². The van der Waals surface area contributed by atoms with Crippen molar-refractivity contribution >= 4 is 11.6 Å². The summed E-state index contributed by atoms with van der Waals surface area (Å²) in [6.07, 6.45) is 0.331. The highest BCUT2D eigenvalue weighted by Gasteiger charge is 2.36. The van der Waals surface area contributed by atoms with Gasteiger partial charge >= 0.3 is 0 Å². The molecule has 1 unspecified atom stereocenters. The summed E-state index contributed by atoms with van der Waals surface area (Å²) in [6.45, 7) is 5.00. The summed E-state index contributed by atoms with van der Waals surface area (Å²) >= 11 is 0. The van der Waals surface area contributed by atoms with Crippen molar-refractivity contribution in [1.82, 2.24) is 10.1 Å². The summed E-state index contributed by atoms with van der Waals surface area (Å²) < 4.78 is 16.3. The van der Waals surface area contributed by atoms with E-state index in [0.717, 1.165) is 28.3 Å². The summed E-state index contributed by atoms with van der Waals surface area (Å²) in [5.41, 5.74) is 2.68. The van der Waals surface area contributed by atoms with Crippen LogP contribution in [-0.4, -0.2) is 36.3 Å². The van der Waals surface area contributed by atoms with Crippen LogP contribution in [0.2, 0.25) is 0 Å². The molecule has 0 radical (unpaired) electrons. The number of carbonyl (C=O) groups excluding carboxylic acids is 1. The molecule has 0 N–H and O–H groups in total. The lowest BCUT2D eigenvalue weighted by atomic mass is 10.1. The van der Waals surface area contributed by atoms with Crippen LogP contribution in [0.25, 0.3) is 11.4 Å². The molecular weight excluding hydrogens is 370 g/mol. The molecule has 7 nitrogen and oxygen atoms in total. The van der Waals surface area contributed by atoms with Crippen LogP contribution < -0.4 is 14.4 Å². The minimum Gasteiger partial charge on any atom is -0.497 e. The van der Waals surface area contributed by atoms with Gasteiger partial charge in [0.05, 0.1) is 25.3 Å². The second-order valence-electron chi connectivity index (χ2n) is 6.97. The van der Waals surface area contributed by atoms with Crippen LogP contribution in [0.1, 0.15) is 30.7 Å². The molecule has 0 aliphatic carbocycles. The van der Waals surface area contributed by atoms with Gasteiger partial charge in [-0.1, -0.05) is 23.4 Å². The second-order valence-corrected chi connectivity index (χ2v) is 6.97. The third-order valence-electron chi connectivity index (χ3n) is 5.03. The van der Waals surface area contributed by atoms with E-state index < -0.39 is 0 Å². The fourth-order valence-corrected chi connectivity index (χ4v) is 3.52. The number of carbonyl (C=O) groups is 1. The van der Waals surface area contributed by atoms with E-state index in [-0.39, 0.29) is 11.8 Å². The van der Waals surface area contributed by atoms with Gasteiger partial charge in [0.15, 0.2) is 0 Å². The Hall–Kier alpha value is -3.35. The maximum absolute atomic E-state index is 12.7. The Bertz CT molecular complexity index is 1030. The summed E-state index contributed by atoms with van der Waals surface area (Å²) in [5, 5.41) is 4.11. The first-order chi connectivity index (χ1) is 14.1. The van der Waals surface area contributed by atoms with Crippen LogP contribution in [-0.2, 0) is 4.79 Å². The van der Waals surface area contributed by atoms with Crippen LogP contribution in [0.15, 0.2) is 47.0 Å². The first-order valence-corrected chi connectivity index (χ1v) is 9.61. The zero-order valence-electron chi connectivity index (χ0n) is 16.7. The highest BCUT2D eigenvalue weighted by atomic mass is 16.5. The number of ether oxygens (including phenoxy) is 2. The van der Waals surface area contributed by atoms with Crippen molar-refractivity contribution in [2.45, 2.75) is 26.2 Å². The Morgan fingerprint density at radius 1 is 1.21 bits per heavy atom. The Morgan fingerprint density at radius 2 is 2.07 bits per heavy atom. The van der Waals surface area contributed by atoms with E-state index in [1.54, 1.807) is 12.0 Å². The predicted octanol–water partition coefficient (Wildman–Crippen LogP) is 3.97. The molecule has 1 aliphatic rings. The van der Waals surface area contributed by atoms with Crippen molar-refractivity contribution in [1.29, 1.82) is 0 Å². The number of anilines is 1. The lowest BCUT2D eigenvalue weighted by Gasteiger charge is -2.19. The highest BCUT2D eigenvalue weighted by molar-refractivity contribution is 5.97. The number of aromatic nitrogens is 2. The summed E-state index contributed by atoms with van der Waals surface area (Å²) in [6, 6.07) is 13.3. The number of hydrogen-bond acceptors (Lipinski definition) is 6. The molecule has 2 heterocycles. The molecule has 0 spiro atoms. The maximum Gasteiger partial charge on any atom is 0.232 e. The molecule has 1 saturated heterocycles. The summed E-state index contributed by atoms with van der Waals surface area (Å²) in [5.74, 6) is 2.32. The van der Waals surface area contributed by atoms with Crippen molar-refractivity contribution in [3.63, 3.8) is 0 Å². The summed E-state index contributed by atoms with van der Waals surface area (Å²) in [7, 11) is 1.61. The van der Waals surface area contributed by atoms with E-state index >= 15 is 0 Å². The fraction of sp³-hybridized carbons (Fsp3) is 0.318. The number of benzene rings is 2. The molecule has 2 aromatic carbocycles. The smallest absolute Gasteiger partial charge is 0.232 e. The van der Waals surface area contributed by atoms with Gasteiger partial charge in [0.25, 0.3) is 0 Å². The fourth-order valence-electron chi connectivity index (χ4n) is 3.52. The first-order valence-electron chi connectivity index (χ1n) is 9.61. The highest BCUT2D eigenvalue weighted by Crippen LogP contribution is 2.35. The quantitative estimate of drug-likeness (QED) is 0.631. The van der Waals surface area contributed by atoms with Crippen molar-refractivity contribution in [3.05, 3.63) is 53.9 Å². The van der Waals surface area contributed by atoms with Crippen molar-refractivity contribution in [2.24, 2.45) is 0 Å². The topological polar surface area (TPSA) is 77.7 Å². The lowest BCUT2D eigenvalue weighted by molar-refractivity contribution is -0.117. The Labute approximate surface area is 169 Å². The number of methoxy groups -OCH3 is 1. The third-order valence-corrected chi connectivity index (χ3v) is 5.03. The zero-order valence-corrected chi connectivity index (χ0v) is 16.7. The number of hydrogen-bond donors (Lipinski definition) is 0. The molecule has 150 valence electrons. The van der Waals surface area contributed by atoms with Crippen LogP contribution >= 0.6 is 0 Å². The van der Waals surface area contributed by atoms with E-state index in [2.05, 4.69) is 10.1 Å². The largest absolute Gasteiger partial charge is 0.497 e. The number of nitrogens with zero attached hydrogens (tertiary/aromatic N) is 3. The van der Waals surface area contributed by atoms with Gasteiger partial charge in [-0.25, -0.2) is 0 Å². The number of aryl methyl sites for hydroxylation is 1. The standard InChI is InChI=1S/C22H23N3O4/c1-4-28-18-7-5-6-15(10-18)21-23-22(29-24-21)16-11-20(26)25(13-16)19-12-17(27-3)9-8-14(19)2/h5-10,12,16H,4,11,13H2,1-3H3. The van der Waals surface area contributed by atoms with Gasteiger partial charge < -0.3 is 18.9 Å². The first kappa shape index (κ1) is 19.0. The minimum absolute atomic E-state index is 0.0319. The monoisotopic (exact) mass is 393 g/mol. The van der Waals surface area contributed by atoms with Crippen LogP contribution in [0.3, 0.4) is 0 Å². The molecule has 4 rings (SSSR count). The number of rotatable bonds is 6. The summed E-state index contributed by atoms with van der Waals surface area (Å²) in [4.78, 5) is 19.0. The molecule has 1 atom stereocenters. The molecular formula is C22H23N3O4. The van der Waals surface area contributed by atoms with E-state index in [1.807, 2.05) is 56.3 Å².